The van der Waals surface area contributed by atoms with Gasteiger partial charge in [0.1, 0.15) is 5.60 Å². The van der Waals surface area contributed by atoms with E-state index in [0.29, 0.717) is 165 Å². The lowest BCUT2D eigenvalue weighted by atomic mass is 10.2. The molecule has 1 saturated heterocycles. The lowest BCUT2D eigenvalue weighted by Crippen LogP contribution is -2.24. The van der Waals surface area contributed by atoms with E-state index in [0.717, 1.165) is 13.2 Å². The summed E-state index contributed by atoms with van der Waals surface area (Å²) >= 11 is 0. The Kier molecular flexibility index (Phi) is 51.1. The standard InChI is InChI=1S/C20H40O9.C16H32O9.C4H8O/c1-20(2,3)29-19(21)5-6-23-9-10-25-13-14-27-17-18-28-16-15-26-12-11-24-8-7-22-4;1-19-4-5-21-8-9-23-12-13-25-15-14-24-11-10-22-7-6-20-3-2-16(17)18;1-2-4-5-3-1/h5-18H2,1-4H3;2-15H2,1H3,(H,17,18);1-4H2. The first-order valence-electron chi connectivity index (χ1n) is 20.6. The Morgan fingerprint density at radius 1 is 0.407 bits per heavy atom. The molecule has 0 saturated carbocycles. The highest BCUT2D eigenvalue weighted by atomic mass is 16.6. The van der Waals surface area contributed by atoms with Gasteiger partial charge in [-0.2, -0.15) is 0 Å². The number of carboxylic acids is 1. The lowest BCUT2D eigenvalue weighted by Gasteiger charge is -2.19. The van der Waals surface area contributed by atoms with Gasteiger partial charge in [-0.15, -0.1) is 0 Å². The van der Waals surface area contributed by atoms with Gasteiger partial charge in [0.05, 0.1) is 185 Å². The van der Waals surface area contributed by atoms with Crippen molar-refractivity contribution in [3.05, 3.63) is 0 Å². The quantitative estimate of drug-likeness (QED) is 0.0692. The zero-order valence-corrected chi connectivity index (χ0v) is 36.9. The Hall–Kier alpha value is -1.66. The fraction of sp³-hybridized carbons (Fsp3) is 0.950. The smallest absolute Gasteiger partial charge is 0.308 e. The van der Waals surface area contributed by atoms with Crippen molar-refractivity contribution in [2.45, 2.75) is 52.1 Å². The van der Waals surface area contributed by atoms with Crippen molar-refractivity contribution >= 4 is 11.9 Å². The van der Waals surface area contributed by atoms with Crippen molar-refractivity contribution in [1.29, 1.82) is 0 Å². The number of methoxy groups -OCH3 is 2. The molecule has 0 atom stereocenters. The highest BCUT2D eigenvalue weighted by molar-refractivity contribution is 5.69. The Balaban J connectivity index is 0. The molecule has 0 radical (unpaired) electrons. The van der Waals surface area contributed by atoms with Gasteiger partial charge >= 0.3 is 11.9 Å². The van der Waals surface area contributed by atoms with Gasteiger partial charge < -0.3 is 80.9 Å². The topological polar surface area (TPSA) is 202 Å². The number of carbonyl (C=O) groups is 2. The molecule has 0 amide bonds. The zero-order valence-electron chi connectivity index (χ0n) is 36.9. The summed E-state index contributed by atoms with van der Waals surface area (Å²) in [4.78, 5) is 21.7. The van der Waals surface area contributed by atoms with Gasteiger partial charge in [0.2, 0.25) is 0 Å². The van der Waals surface area contributed by atoms with Crippen LogP contribution in [-0.2, 0) is 85.4 Å². The van der Waals surface area contributed by atoms with Crippen molar-refractivity contribution in [3.8, 4) is 0 Å². The molecule has 1 fully saturated rings. The van der Waals surface area contributed by atoms with Crippen molar-refractivity contribution in [2.75, 3.05) is 199 Å². The second-order valence-corrected chi connectivity index (χ2v) is 13.1. The van der Waals surface area contributed by atoms with Crippen molar-refractivity contribution < 1.29 is 90.5 Å². The van der Waals surface area contributed by atoms with Gasteiger partial charge in [-0.1, -0.05) is 0 Å². The molecule has 0 aromatic heterocycles. The van der Waals surface area contributed by atoms with Crippen LogP contribution in [0.5, 0.6) is 0 Å². The van der Waals surface area contributed by atoms with Gasteiger partial charge in [-0.25, -0.2) is 0 Å². The first-order chi connectivity index (χ1) is 28.7. The Morgan fingerprint density at radius 3 is 0.847 bits per heavy atom. The normalized spacial score (nSPS) is 12.5. The average Bonchev–Trinajstić information content (AvgIpc) is 3.80. The highest BCUT2D eigenvalue weighted by Gasteiger charge is 2.15. The van der Waals surface area contributed by atoms with Crippen molar-refractivity contribution in [2.24, 2.45) is 0 Å². The minimum absolute atomic E-state index is 0.0102. The van der Waals surface area contributed by atoms with Crippen LogP contribution in [0.1, 0.15) is 46.5 Å². The van der Waals surface area contributed by atoms with Crippen LogP contribution in [0, 0.1) is 0 Å². The summed E-state index contributed by atoms with van der Waals surface area (Å²) in [6.07, 6.45) is 2.81. The van der Waals surface area contributed by atoms with Gasteiger partial charge in [-0.05, 0) is 33.6 Å². The Bertz CT molecular complexity index is 822. The van der Waals surface area contributed by atoms with Crippen LogP contribution in [-0.4, -0.2) is 222 Å². The molecule has 1 rings (SSSR count). The van der Waals surface area contributed by atoms with E-state index in [1.165, 1.54) is 12.8 Å². The molecular formula is C40H80O19. The van der Waals surface area contributed by atoms with Crippen LogP contribution < -0.4 is 0 Å². The molecule has 1 heterocycles. The van der Waals surface area contributed by atoms with Crippen LogP contribution in [0.2, 0.25) is 0 Å². The molecule has 59 heavy (non-hydrogen) atoms. The van der Waals surface area contributed by atoms with E-state index in [2.05, 4.69) is 0 Å². The predicted molar refractivity (Wildman–Crippen MR) is 216 cm³/mol. The number of ether oxygens (including phenoxy) is 16. The van der Waals surface area contributed by atoms with E-state index in [-0.39, 0.29) is 25.4 Å². The van der Waals surface area contributed by atoms with Crippen LogP contribution in [0.3, 0.4) is 0 Å². The van der Waals surface area contributed by atoms with Crippen LogP contribution in [0.15, 0.2) is 0 Å². The molecule has 354 valence electrons. The molecule has 1 aliphatic rings. The number of carboxylic acid groups (broad SMARTS) is 1. The van der Waals surface area contributed by atoms with E-state index in [1.54, 1.807) is 14.2 Å². The zero-order chi connectivity index (χ0) is 43.6. The molecule has 1 N–H and O–H groups in total. The summed E-state index contributed by atoms with van der Waals surface area (Å²) in [5, 5.41) is 8.41. The Labute approximate surface area is 353 Å². The van der Waals surface area contributed by atoms with Gasteiger partial charge in [0.15, 0.2) is 0 Å². The van der Waals surface area contributed by atoms with Crippen molar-refractivity contribution in [3.63, 3.8) is 0 Å². The molecular weight excluding hydrogens is 784 g/mol. The maximum atomic E-state index is 11.5. The molecule has 19 nitrogen and oxygen atoms in total. The summed E-state index contributed by atoms with van der Waals surface area (Å²) in [7, 11) is 3.28. The number of hydrogen-bond donors (Lipinski definition) is 1. The largest absolute Gasteiger partial charge is 0.481 e. The number of esters is 1. The number of hydrogen-bond acceptors (Lipinski definition) is 18. The number of aliphatic carboxylic acids is 1. The third-order valence-corrected chi connectivity index (χ3v) is 6.74. The highest BCUT2D eigenvalue weighted by Crippen LogP contribution is 2.08. The number of carbonyl (C=O) groups excluding carboxylic acids is 1. The summed E-state index contributed by atoms with van der Waals surface area (Å²) in [5.74, 6) is -1.12. The molecule has 0 bridgehead atoms. The van der Waals surface area contributed by atoms with Crippen LogP contribution in [0.25, 0.3) is 0 Å². The summed E-state index contributed by atoms with van der Waals surface area (Å²) < 4.78 is 83.6. The maximum Gasteiger partial charge on any atom is 0.308 e. The first kappa shape index (κ1) is 59.4. The third kappa shape index (κ3) is 60.7. The molecule has 0 aromatic rings. The van der Waals surface area contributed by atoms with E-state index < -0.39 is 11.6 Å². The van der Waals surface area contributed by atoms with Crippen LogP contribution >= 0.6 is 0 Å². The number of rotatable bonds is 42. The second-order valence-electron chi connectivity index (χ2n) is 13.1. The molecule has 0 spiro atoms. The van der Waals surface area contributed by atoms with Gasteiger partial charge in [-0.3, -0.25) is 9.59 Å². The molecule has 19 heteroatoms. The fourth-order valence-corrected chi connectivity index (χ4v) is 3.91. The second kappa shape index (κ2) is 50.7. The third-order valence-electron chi connectivity index (χ3n) is 6.74. The van der Waals surface area contributed by atoms with Crippen LogP contribution in [0.4, 0.5) is 0 Å². The van der Waals surface area contributed by atoms with Gasteiger partial charge in [0.25, 0.3) is 0 Å². The first-order valence-corrected chi connectivity index (χ1v) is 20.6. The van der Waals surface area contributed by atoms with E-state index in [4.69, 9.17) is 80.9 Å². The predicted octanol–water partition coefficient (Wildman–Crippen LogP) is 2.47. The molecule has 0 unspecified atom stereocenters. The van der Waals surface area contributed by atoms with E-state index >= 15 is 0 Å². The molecule has 1 aliphatic heterocycles. The lowest BCUT2D eigenvalue weighted by molar-refractivity contribution is -0.156. The Morgan fingerprint density at radius 2 is 0.644 bits per heavy atom. The summed E-state index contributed by atoms with van der Waals surface area (Å²) in [5.41, 5.74) is -0.460. The minimum atomic E-state index is -0.866. The average molecular weight is 865 g/mol. The van der Waals surface area contributed by atoms with Gasteiger partial charge in [0, 0.05) is 27.4 Å². The summed E-state index contributed by atoms with van der Waals surface area (Å²) in [6.45, 7) is 20.4. The monoisotopic (exact) mass is 865 g/mol. The SMILES string of the molecule is C1CCOC1.COCCOCCOCCOCCOCCOCCOCCC(=O)O.COCCOCCOCCOCCOCCOCCOCCC(=O)OC(C)(C)C. The molecule has 0 aromatic carbocycles. The summed E-state index contributed by atoms with van der Waals surface area (Å²) in [6, 6.07) is 0. The maximum absolute atomic E-state index is 11.5. The fourth-order valence-electron chi connectivity index (χ4n) is 3.91. The van der Waals surface area contributed by atoms with E-state index in [1.807, 2.05) is 20.8 Å². The minimum Gasteiger partial charge on any atom is -0.481 e. The van der Waals surface area contributed by atoms with Crippen molar-refractivity contribution in [1.82, 2.24) is 0 Å². The molecule has 0 aliphatic carbocycles. The van der Waals surface area contributed by atoms with E-state index in [9.17, 15) is 9.59 Å².